The first-order valence-corrected chi connectivity index (χ1v) is 10.3. The largest absolute Gasteiger partial charge is 0.490 e. The third-order valence-corrected chi connectivity index (χ3v) is 5.34. The Hall–Kier alpha value is -3.62. The van der Waals surface area contributed by atoms with Crippen LogP contribution in [-0.4, -0.2) is 57.1 Å². The first-order valence-electron chi connectivity index (χ1n) is 10.3. The van der Waals surface area contributed by atoms with E-state index < -0.39 is 5.97 Å². The summed E-state index contributed by atoms with van der Waals surface area (Å²) in [6.45, 7) is 5.55. The molecule has 4 rings (SSSR count). The quantitative estimate of drug-likeness (QED) is 0.627. The molecule has 1 saturated heterocycles. The van der Waals surface area contributed by atoms with Crippen LogP contribution < -0.4 is 15.0 Å². The van der Waals surface area contributed by atoms with Crippen LogP contribution in [0.4, 0.5) is 5.82 Å². The number of piperidine rings is 1. The molecule has 1 amide bonds. The average Bonchev–Trinajstić information content (AvgIpc) is 3.11. The SMILES string of the molecule is CCOc1cccn2c(C(=O)N[C@H]3CCCN(c4cccc(C(=O)O)n4)C3)c(C)nc12. The summed E-state index contributed by atoms with van der Waals surface area (Å²) >= 11 is 0. The molecule has 9 nitrogen and oxygen atoms in total. The minimum atomic E-state index is -1.06. The van der Waals surface area contributed by atoms with E-state index in [1.54, 1.807) is 22.7 Å². The second-order valence-electron chi connectivity index (χ2n) is 7.49. The molecule has 31 heavy (non-hydrogen) atoms. The molecule has 0 saturated carbocycles. The molecule has 3 aromatic heterocycles. The van der Waals surface area contributed by atoms with Crippen LogP contribution in [0.3, 0.4) is 0 Å². The van der Waals surface area contributed by atoms with Crippen LogP contribution in [0.15, 0.2) is 36.5 Å². The number of rotatable bonds is 6. The second-order valence-corrected chi connectivity index (χ2v) is 7.49. The zero-order chi connectivity index (χ0) is 22.0. The van der Waals surface area contributed by atoms with Gasteiger partial charge < -0.3 is 20.1 Å². The summed E-state index contributed by atoms with van der Waals surface area (Å²) in [6.07, 6.45) is 3.51. The van der Waals surface area contributed by atoms with E-state index in [9.17, 15) is 14.7 Å². The number of pyridine rings is 2. The number of fused-ring (bicyclic) bond motifs is 1. The smallest absolute Gasteiger partial charge is 0.354 e. The highest BCUT2D eigenvalue weighted by atomic mass is 16.5. The number of aromatic carboxylic acids is 1. The van der Waals surface area contributed by atoms with Gasteiger partial charge in [-0.2, -0.15) is 0 Å². The van der Waals surface area contributed by atoms with Crippen molar-refractivity contribution < 1.29 is 19.4 Å². The molecule has 1 fully saturated rings. The van der Waals surface area contributed by atoms with Gasteiger partial charge in [-0.15, -0.1) is 0 Å². The van der Waals surface area contributed by atoms with Crippen LogP contribution in [0.25, 0.3) is 5.65 Å². The summed E-state index contributed by atoms with van der Waals surface area (Å²) in [7, 11) is 0. The lowest BCUT2D eigenvalue weighted by molar-refractivity contribution is 0.0690. The van der Waals surface area contributed by atoms with E-state index in [0.29, 0.717) is 41.8 Å². The minimum Gasteiger partial charge on any atom is -0.490 e. The highest BCUT2D eigenvalue weighted by Crippen LogP contribution is 2.23. The summed E-state index contributed by atoms with van der Waals surface area (Å²) < 4.78 is 7.39. The normalized spacial score (nSPS) is 16.3. The lowest BCUT2D eigenvalue weighted by Crippen LogP contribution is -2.48. The fourth-order valence-electron chi connectivity index (χ4n) is 3.97. The van der Waals surface area contributed by atoms with Crippen molar-refractivity contribution in [2.45, 2.75) is 32.7 Å². The number of carboxylic acids is 1. The Morgan fingerprint density at radius 2 is 2.10 bits per heavy atom. The standard InChI is InChI=1S/C22H25N5O4/c1-3-31-17-9-6-12-27-19(14(2)23-20(17)27)21(28)24-15-7-5-11-26(13-15)18-10-4-8-16(25-18)22(29)30/h4,6,8-10,12,15H,3,5,7,11,13H2,1-2H3,(H,24,28)(H,29,30)/t15-/m0/s1. The van der Waals surface area contributed by atoms with Crippen LogP contribution in [0.2, 0.25) is 0 Å². The van der Waals surface area contributed by atoms with Crippen LogP contribution in [0.1, 0.15) is 46.4 Å². The Bertz CT molecular complexity index is 1130. The highest BCUT2D eigenvalue weighted by molar-refractivity contribution is 5.95. The van der Waals surface area contributed by atoms with Gasteiger partial charge in [-0.1, -0.05) is 6.07 Å². The molecule has 0 spiro atoms. The average molecular weight is 423 g/mol. The van der Waals surface area contributed by atoms with E-state index in [4.69, 9.17) is 4.74 Å². The monoisotopic (exact) mass is 423 g/mol. The van der Waals surface area contributed by atoms with Crippen LogP contribution in [0.5, 0.6) is 5.75 Å². The number of carboxylic acid groups (broad SMARTS) is 1. The molecule has 9 heteroatoms. The fourth-order valence-corrected chi connectivity index (χ4v) is 3.97. The maximum Gasteiger partial charge on any atom is 0.354 e. The number of nitrogens with zero attached hydrogens (tertiary/aromatic N) is 4. The molecular weight excluding hydrogens is 398 g/mol. The van der Waals surface area contributed by atoms with Crippen molar-refractivity contribution in [2.24, 2.45) is 0 Å². The molecule has 0 radical (unpaired) electrons. The summed E-state index contributed by atoms with van der Waals surface area (Å²) in [6, 6.07) is 8.53. The van der Waals surface area contributed by atoms with Crippen molar-refractivity contribution in [3.8, 4) is 5.75 Å². The zero-order valence-electron chi connectivity index (χ0n) is 17.5. The van der Waals surface area contributed by atoms with Crippen molar-refractivity contribution in [3.63, 3.8) is 0 Å². The molecule has 1 aliphatic rings. The number of imidazole rings is 1. The van der Waals surface area contributed by atoms with Crippen molar-refractivity contribution in [3.05, 3.63) is 53.6 Å². The number of ether oxygens (including phenoxy) is 1. The summed E-state index contributed by atoms with van der Waals surface area (Å²) in [5.41, 5.74) is 1.75. The Morgan fingerprint density at radius 1 is 1.26 bits per heavy atom. The predicted molar refractivity (Wildman–Crippen MR) is 115 cm³/mol. The van der Waals surface area contributed by atoms with E-state index in [-0.39, 0.29) is 17.6 Å². The van der Waals surface area contributed by atoms with E-state index >= 15 is 0 Å². The Labute approximate surface area is 179 Å². The van der Waals surface area contributed by atoms with Gasteiger partial charge in [0.25, 0.3) is 5.91 Å². The van der Waals surface area contributed by atoms with Crippen LogP contribution in [-0.2, 0) is 0 Å². The number of hydrogen-bond donors (Lipinski definition) is 2. The summed E-state index contributed by atoms with van der Waals surface area (Å²) in [4.78, 5) is 35.1. The molecule has 0 aliphatic carbocycles. The molecule has 0 bridgehead atoms. The Kier molecular flexibility index (Phi) is 5.75. The van der Waals surface area contributed by atoms with Gasteiger partial charge in [-0.05, 0) is 51.0 Å². The molecule has 0 unspecified atom stereocenters. The van der Waals surface area contributed by atoms with E-state index in [1.807, 2.05) is 30.9 Å². The molecule has 0 aromatic carbocycles. The Balaban J connectivity index is 1.53. The fraction of sp³-hybridized carbons (Fsp3) is 0.364. The number of nitrogens with one attached hydrogen (secondary N) is 1. The van der Waals surface area contributed by atoms with Gasteiger partial charge in [0.15, 0.2) is 17.1 Å². The van der Waals surface area contributed by atoms with Crippen LogP contribution >= 0.6 is 0 Å². The maximum atomic E-state index is 13.1. The lowest BCUT2D eigenvalue weighted by atomic mass is 10.1. The van der Waals surface area contributed by atoms with E-state index in [2.05, 4.69) is 15.3 Å². The van der Waals surface area contributed by atoms with Gasteiger partial charge in [-0.25, -0.2) is 14.8 Å². The van der Waals surface area contributed by atoms with Crippen molar-refractivity contribution in [1.29, 1.82) is 0 Å². The molecule has 1 atom stereocenters. The third kappa shape index (κ3) is 4.16. The molecule has 1 aliphatic heterocycles. The number of amides is 1. The number of carbonyl (C=O) groups is 2. The minimum absolute atomic E-state index is 0.00937. The van der Waals surface area contributed by atoms with E-state index in [0.717, 1.165) is 19.4 Å². The second kappa shape index (κ2) is 8.63. The van der Waals surface area contributed by atoms with Gasteiger partial charge in [0.1, 0.15) is 11.5 Å². The highest BCUT2D eigenvalue weighted by Gasteiger charge is 2.26. The lowest BCUT2D eigenvalue weighted by Gasteiger charge is -2.34. The molecule has 3 aromatic rings. The van der Waals surface area contributed by atoms with Crippen molar-refractivity contribution >= 4 is 23.3 Å². The van der Waals surface area contributed by atoms with Gasteiger partial charge in [0.2, 0.25) is 0 Å². The van der Waals surface area contributed by atoms with Gasteiger partial charge in [0, 0.05) is 25.3 Å². The molecule has 162 valence electrons. The maximum absolute atomic E-state index is 13.1. The molecule has 2 N–H and O–H groups in total. The van der Waals surface area contributed by atoms with Crippen LogP contribution in [0, 0.1) is 6.92 Å². The number of anilines is 1. The van der Waals surface area contributed by atoms with Crippen molar-refractivity contribution in [2.75, 3.05) is 24.6 Å². The number of hydrogen-bond acceptors (Lipinski definition) is 6. The molecular formula is C22H25N5O4. The zero-order valence-corrected chi connectivity index (χ0v) is 17.5. The van der Waals surface area contributed by atoms with Gasteiger partial charge in [-0.3, -0.25) is 9.20 Å². The Morgan fingerprint density at radius 3 is 2.87 bits per heavy atom. The number of carbonyl (C=O) groups excluding carboxylic acids is 1. The third-order valence-electron chi connectivity index (χ3n) is 5.34. The number of aromatic nitrogens is 3. The first kappa shape index (κ1) is 20.6. The first-order chi connectivity index (χ1) is 15.0. The summed E-state index contributed by atoms with van der Waals surface area (Å²) in [5.74, 6) is -0.0115. The topological polar surface area (TPSA) is 109 Å². The van der Waals surface area contributed by atoms with E-state index in [1.165, 1.54) is 6.07 Å². The van der Waals surface area contributed by atoms with Gasteiger partial charge in [0.05, 0.1) is 12.3 Å². The number of aryl methyl sites for hydroxylation is 1. The molecule has 4 heterocycles. The van der Waals surface area contributed by atoms with Crippen molar-refractivity contribution in [1.82, 2.24) is 19.7 Å². The summed E-state index contributed by atoms with van der Waals surface area (Å²) in [5, 5.41) is 12.3. The predicted octanol–water partition coefficient (Wildman–Crippen LogP) is 2.53. The van der Waals surface area contributed by atoms with Gasteiger partial charge >= 0.3 is 5.97 Å².